The molecule has 0 aromatic heterocycles. The van der Waals surface area contributed by atoms with Crippen LogP contribution in [0.25, 0.3) is 0 Å². The van der Waals surface area contributed by atoms with Crippen LogP contribution in [0, 0.1) is 17.8 Å². The van der Waals surface area contributed by atoms with Gasteiger partial charge >= 0.3 is 0 Å². The topological polar surface area (TPSA) is 29.3 Å². The summed E-state index contributed by atoms with van der Waals surface area (Å²) < 4.78 is 0. The van der Waals surface area contributed by atoms with Crippen LogP contribution in [0.2, 0.25) is 0 Å². The molecule has 2 heteroatoms. The van der Waals surface area contributed by atoms with Gasteiger partial charge in [-0.3, -0.25) is 0 Å². The first kappa shape index (κ1) is 13.4. The molecule has 1 aliphatic carbocycles. The fourth-order valence-corrected chi connectivity index (χ4v) is 3.91. The fourth-order valence-electron chi connectivity index (χ4n) is 3.91. The maximum absolute atomic E-state index is 5.65. The third-order valence-electron chi connectivity index (χ3n) is 5.04. The van der Waals surface area contributed by atoms with Crippen LogP contribution in [0.5, 0.6) is 0 Å². The van der Waals surface area contributed by atoms with E-state index in [4.69, 9.17) is 5.73 Å². The van der Waals surface area contributed by atoms with Gasteiger partial charge in [0.25, 0.3) is 0 Å². The van der Waals surface area contributed by atoms with Gasteiger partial charge in [-0.2, -0.15) is 0 Å². The molecule has 1 aliphatic heterocycles. The summed E-state index contributed by atoms with van der Waals surface area (Å²) in [6.45, 7) is 7.32. The molecular formula is C15H30N2. The molecular weight excluding hydrogens is 208 g/mol. The summed E-state index contributed by atoms with van der Waals surface area (Å²) in [5.41, 5.74) is 5.65. The zero-order valence-electron chi connectivity index (χ0n) is 11.5. The number of rotatable bonds is 7. The minimum absolute atomic E-state index is 0.867. The van der Waals surface area contributed by atoms with Crippen molar-refractivity contribution in [1.29, 1.82) is 0 Å². The molecule has 0 spiro atoms. The van der Waals surface area contributed by atoms with Crippen molar-refractivity contribution in [3.63, 3.8) is 0 Å². The molecule has 0 radical (unpaired) electrons. The highest BCUT2D eigenvalue weighted by Crippen LogP contribution is 2.37. The molecule has 1 saturated heterocycles. The highest BCUT2D eigenvalue weighted by Gasteiger charge is 2.35. The SMILES string of the molecule is CCC(CCN)CCCN1CC2CCCC2C1. The van der Waals surface area contributed by atoms with E-state index in [1.807, 2.05) is 0 Å². The fraction of sp³-hybridized carbons (Fsp3) is 1.00. The largest absolute Gasteiger partial charge is 0.330 e. The molecule has 0 bridgehead atoms. The van der Waals surface area contributed by atoms with Crippen molar-refractivity contribution < 1.29 is 0 Å². The van der Waals surface area contributed by atoms with Gasteiger partial charge in [0, 0.05) is 13.1 Å². The first-order chi connectivity index (χ1) is 8.33. The Balaban J connectivity index is 1.59. The molecule has 3 atom stereocenters. The molecule has 2 rings (SSSR count). The minimum Gasteiger partial charge on any atom is -0.330 e. The number of nitrogens with zero attached hydrogens (tertiary/aromatic N) is 1. The lowest BCUT2D eigenvalue weighted by molar-refractivity contribution is 0.289. The van der Waals surface area contributed by atoms with E-state index in [-0.39, 0.29) is 0 Å². The third kappa shape index (κ3) is 3.69. The molecule has 0 amide bonds. The Hall–Kier alpha value is -0.0800. The number of fused-ring (bicyclic) bond motifs is 1. The molecule has 3 unspecified atom stereocenters. The summed E-state index contributed by atoms with van der Waals surface area (Å²) in [6, 6.07) is 0. The van der Waals surface area contributed by atoms with Crippen LogP contribution >= 0.6 is 0 Å². The molecule has 1 heterocycles. The second-order valence-electron chi connectivity index (χ2n) is 6.20. The zero-order valence-corrected chi connectivity index (χ0v) is 11.5. The summed E-state index contributed by atoms with van der Waals surface area (Å²) in [5, 5.41) is 0. The maximum atomic E-state index is 5.65. The van der Waals surface area contributed by atoms with E-state index >= 15 is 0 Å². The molecule has 2 fully saturated rings. The Morgan fingerprint density at radius 1 is 1.18 bits per heavy atom. The van der Waals surface area contributed by atoms with Crippen LogP contribution in [0.15, 0.2) is 0 Å². The summed E-state index contributed by atoms with van der Waals surface area (Å²) >= 11 is 0. The van der Waals surface area contributed by atoms with Crippen LogP contribution < -0.4 is 5.73 Å². The van der Waals surface area contributed by atoms with Crippen LogP contribution in [0.3, 0.4) is 0 Å². The number of hydrogen-bond donors (Lipinski definition) is 1. The van der Waals surface area contributed by atoms with Crippen molar-refractivity contribution in [3.8, 4) is 0 Å². The van der Waals surface area contributed by atoms with Gasteiger partial charge in [0.1, 0.15) is 0 Å². The smallest absolute Gasteiger partial charge is 0.00129 e. The van der Waals surface area contributed by atoms with Crippen molar-refractivity contribution in [2.75, 3.05) is 26.2 Å². The predicted octanol–water partition coefficient (Wildman–Crippen LogP) is 2.87. The molecule has 1 saturated carbocycles. The highest BCUT2D eigenvalue weighted by atomic mass is 15.2. The average molecular weight is 238 g/mol. The van der Waals surface area contributed by atoms with Crippen LogP contribution in [0.1, 0.15) is 51.9 Å². The highest BCUT2D eigenvalue weighted by molar-refractivity contribution is 4.88. The first-order valence-electron chi connectivity index (χ1n) is 7.76. The second kappa shape index (κ2) is 6.75. The number of nitrogens with two attached hydrogens (primary N) is 1. The van der Waals surface area contributed by atoms with Crippen LogP contribution in [0.4, 0.5) is 0 Å². The lowest BCUT2D eigenvalue weighted by atomic mass is 9.96. The third-order valence-corrected chi connectivity index (χ3v) is 5.04. The van der Waals surface area contributed by atoms with E-state index < -0.39 is 0 Å². The Morgan fingerprint density at radius 2 is 1.88 bits per heavy atom. The molecule has 2 aliphatic rings. The zero-order chi connectivity index (χ0) is 12.1. The maximum Gasteiger partial charge on any atom is 0.00129 e. The van der Waals surface area contributed by atoms with Crippen molar-refractivity contribution in [1.82, 2.24) is 4.90 Å². The van der Waals surface area contributed by atoms with E-state index in [0.29, 0.717) is 0 Å². The number of likely N-dealkylation sites (tertiary alicyclic amines) is 1. The van der Waals surface area contributed by atoms with Gasteiger partial charge in [-0.25, -0.2) is 0 Å². The molecule has 2 nitrogen and oxygen atoms in total. The summed E-state index contributed by atoms with van der Waals surface area (Å²) in [6.07, 6.45) is 9.82. The number of hydrogen-bond acceptors (Lipinski definition) is 2. The molecule has 0 aromatic rings. The molecule has 100 valence electrons. The van der Waals surface area contributed by atoms with E-state index in [2.05, 4.69) is 11.8 Å². The van der Waals surface area contributed by atoms with E-state index in [0.717, 1.165) is 24.3 Å². The monoisotopic (exact) mass is 238 g/mol. The predicted molar refractivity (Wildman–Crippen MR) is 74.0 cm³/mol. The Bertz CT molecular complexity index is 205. The van der Waals surface area contributed by atoms with E-state index in [1.54, 1.807) is 0 Å². The van der Waals surface area contributed by atoms with Crippen LogP contribution in [-0.2, 0) is 0 Å². The van der Waals surface area contributed by atoms with Crippen molar-refractivity contribution in [3.05, 3.63) is 0 Å². The first-order valence-corrected chi connectivity index (χ1v) is 7.76. The Morgan fingerprint density at radius 3 is 2.47 bits per heavy atom. The lowest BCUT2D eigenvalue weighted by Crippen LogP contribution is -2.23. The Kier molecular flexibility index (Phi) is 5.30. The summed E-state index contributed by atoms with van der Waals surface area (Å²) in [4.78, 5) is 2.73. The second-order valence-corrected chi connectivity index (χ2v) is 6.20. The van der Waals surface area contributed by atoms with Gasteiger partial charge in [-0.15, -0.1) is 0 Å². The van der Waals surface area contributed by atoms with Gasteiger partial charge in [-0.1, -0.05) is 19.8 Å². The van der Waals surface area contributed by atoms with Gasteiger partial charge < -0.3 is 10.6 Å². The van der Waals surface area contributed by atoms with Gasteiger partial charge in [0.05, 0.1) is 0 Å². The minimum atomic E-state index is 0.867. The van der Waals surface area contributed by atoms with Gasteiger partial charge in [0.2, 0.25) is 0 Å². The van der Waals surface area contributed by atoms with E-state index in [9.17, 15) is 0 Å². The van der Waals surface area contributed by atoms with Crippen molar-refractivity contribution in [2.24, 2.45) is 23.5 Å². The van der Waals surface area contributed by atoms with Crippen LogP contribution in [-0.4, -0.2) is 31.1 Å². The van der Waals surface area contributed by atoms with Gasteiger partial charge in [-0.05, 0) is 62.9 Å². The average Bonchev–Trinajstić information content (AvgIpc) is 2.88. The molecule has 2 N–H and O–H groups in total. The van der Waals surface area contributed by atoms with E-state index in [1.165, 1.54) is 64.6 Å². The Labute approximate surface area is 107 Å². The normalized spacial score (nSPS) is 30.7. The van der Waals surface area contributed by atoms with Crippen molar-refractivity contribution >= 4 is 0 Å². The lowest BCUT2D eigenvalue weighted by Gasteiger charge is -2.19. The standard InChI is InChI=1S/C15H30N2/c1-2-13(8-9-16)5-4-10-17-11-14-6-3-7-15(14)12-17/h13-15H,2-12,16H2,1H3. The van der Waals surface area contributed by atoms with Crippen molar-refractivity contribution in [2.45, 2.75) is 51.9 Å². The molecule has 17 heavy (non-hydrogen) atoms. The van der Waals surface area contributed by atoms with Gasteiger partial charge in [0.15, 0.2) is 0 Å². The summed E-state index contributed by atoms with van der Waals surface area (Å²) in [7, 11) is 0. The summed E-state index contributed by atoms with van der Waals surface area (Å²) in [5.74, 6) is 2.99. The quantitative estimate of drug-likeness (QED) is 0.739. The molecule has 0 aromatic carbocycles.